The van der Waals surface area contributed by atoms with Gasteiger partial charge in [-0.05, 0) is 50.6 Å². The lowest BCUT2D eigenvalue weighted by atomic mass is 9.97. The van der Waals surface area contributed by atoms with Gasteiger partial charge in [-0.25, -0.2) is 4.98 Å². The molecule has 3 aromatic rings. The first-order valence-electron chi connectivity index (χ1n) is 10.9. The van der Waals surface area contributed by atoms with E-state index < -0.39 is 0 Å². The van der Waals surface area contributed by atoms with Crippen molar-refractivity contribution in [3.8, 4) is 0 Å². The average Bonchev–Trinajstić information content (AvgIpc) is 3.22. The molecule has 7 heteroatoms. The van der Waals surface area contributed by atoms with Crippen LogP contribution >= 0.6 is 11.3 Å². The number of nitrogens with one attached hydrogen (secondary N) is 2. The minimum atomic E-state index is -0.0645. The van der Waals surface area contributed by atoms with Crippen LogP contribution in [0.1, 0.15) is 29.1 Å². The number of benzene rings is 2. The maximum Gasteiger partial charge on any atom is 0.231 e. The summed E-state index contributed by atoms with van der Waals surface area (Å²) >= 11 is 1.51. The highest BCUT2D eigenvalue weighted by molar-refractivity contribution is 7.09. The lowest BCUT2D eigenvalue weighted by Crippen LogP contribution is -2.40. The molecule has 2 aromatic carbocycles. The molecule has 32 heavy (non-hydrogen) atoms. The Morgan fingerprint density at radius 3 is 2.59 bits per heavy atom. The molecular weight excluding hydrogens is 420 g/mol. The standard InChI is InChI=1S/C25H28N4O2S/c1-18-9-11-21(12-10-18)26-23(30)14-24-27-22(17-32-24)16-29-13-5-6-19(15-29)25(31)28-20-7-3-2-4-8-20/h2-4,7-12,17,19H,5-6,13-16H2,1H3,(H,26,30)(H,28,31). The fourth-order valence-corrected chi connectivity index (χ4v) is 4.67. The first-order valence-corrected chi connectivity index (χ1v) is 11.8. The number of aromatic nitrogens is 1. The Hall–Kier alpha value is -3.03. The number of piperidine rings is 1. The highest BCUT2D eigenvalue weighted by Gasteiger charge is 2.26. The number of aryl methyl sites for hydroxylation is 1. The fraction of sp³-hybridized carbons (Fsp3) is 0.320. The number of carbonyl (C=O) groups excluding carboxylic acids is 2. The summed E-state index contributed by atoms with van der Waals surface area (Å²) in [5, 5.41) is 8.76. The molecule has 2 N–H and O–H groups in total. The number of nitrogens with zero attached hydrogens (tertiary/aromatic N) is 2. The predicted octanol–water partition coefficient (Wildman–Crippen LogP) is 4.48. The highest BCUT2D eigenvalue weighted by Crippen LogP contribution is 2.21. The predicted molar refractivity (Wildman–Crippen MR) is 129 cm³/mol. The van der Waals surface area contributed by atoms with Crippen molar-refractivity contribution in [3.63, 3.8) is 0 Å². The second kappa shape index (κ2) is 10.5. The zero-order chi connectivity index (χ0) is 22.3. The number of para-hydroxylation sites is 1. The number of carbonyl (C=O) groups is 2. The van der Waals surface area contributed by atoms with Gasteiger partial charge in [0, 0.05) is 29.8 Å². The monoisotopic (exact) mass is 448 g/mol. The Balaban J connectivity index is 1.27. The third kappa shape index (κ3) is 6.24. The van der Waals surface area contributed by atoms with Crippen LogP contribution in [0.15, 0.2) is 60.0 Å². The molecule has 1 atom stereocenters. The minimum absolute atomic E-state index is 0.0256. The van der Waals surface area contributed by atoms with E-state index >= 15 is 0 Å². The number of hydrogen-bond donors (Lipinski definition) is 2. The lowest BCUT2D eigenvalue weighted by molar-refractivity contribution is -0.121. The van der Waals surface area contributed by atoms with E-state index in [1.54, 1.807) is 0 Å². The van der Waals surface area contributed by atoms with Gasteiger partial charge in [0.25, 0.3) is 0 Å². The quantitative estimate of drug-likeness (QED) is 0.559. The van der Waals surface area contributed by atoms with Gasteiger partial charge in [-0.3, -0.25) is 14.5 Å². The Morgan fingerprint density at radius 1 is 1.06 bits per heavy atom. The fourth-order valence-electron chi connectivity index (χ4n) is 3.89. The Labute approximate surface area is 192 Å². The van der Waals surface area contributed by atoms with Gasteiger partial charge in [0.05, 0.1) is 18.0 Å². The molecule has 0 aliphatic carbocycles. The van der Waals surface area contributed by atoms with Crippen LogP contribution in [0.25, 0.3) is 0 Å². The molecule has 1 aromatic heterocycles. The minimum Gasteiger partial charge on any atom is -0.326 e. The van der Waals surface area contributed by atoms with Crippen molar-refractivity contribution in [1.29, 1.82) is 0 Å². The van der Waals surface area contributed by atoms with Crippen LogP contribution in [0, 0.1) is 12.8 Å². The number of likely N-dealkylation sites (tertiary alicyclic amines) is 1. The van der Waals surface area contributed by atoms with Crippen molar-refractivity contribution in [3.05, 3.63) is 76.2 Å². The summed E-state index contributed by atoms with van der Waals surface area (Å²) in [4.78, 5) is 31.9. The molecule has 6 nitrogen and oxygen atoms in total. The van der Waals surface area contributed by atoms with E-state index in [9.17, 15) is 9.59 Å². The first-order chi connectivity index (χ1) is 15.5. The topological polar surface area (TPSA) is 74.3 Å². The molecule has 4 rings (SSSR count). The van der Waals surface area contributed by atoms with Gasteiger partial charge < -0.3 is 10.6 Å². The second-order valence-electron chi connectivity index (χ2n) is 8.25. The SMILES string of the molecule is Cc1ccc(NC(=O)Cc2nc(CN3CCCC(C(=O)Nc4ccccc4)C3)cs2)cc1. The summed E-state index contributed by atoms with van der Waals surface area (Å²) < 4.78 is 0. The van der Waals surface area contributed by atoms with E-state index in [1.165, 1.54) is 11.3 Å². The molecule has 1 aliphatic rings. The first kappa shape index (κ1) is 22.2. The number of rotatable bonds is 7. The van der Waals surface area contributed by atoms with Crippen molar-refractivity contribution in [2.75, 3.05) is 23.7 Å². The van der Waals surface area contributed by atoms with Gasteiger partial charge in [0.2, 0.25) is 11.8 Å². The van der Waals surface area contributed by atoms with Gasteiger partial charge in [-0.15, -0.1) is 11.3 Å². The number of hydrogen-bond acceptors (Lipinski definition) is 5. The summed E-state index contributed by atoms with van der Waals surface area (Å²) in [7, 11) is 0. The van der Waals surface area contributed by atoms with E-state index in [1.807, 2.05) is 66.9 Å². The van der Waals surface area contributed by atoms with Gasteiger partial charge in [0.15, 0.2) is 0 Å². The molecule has 0 spiro atoms. The Morgan fingerprint density at radius 2 is 1.81 bits per heavy atom. The lowest BCUT2D eigenvalue weighted by Gasteiger charge is -2.31. The molecule has 2 amide bonds. The number of amides is 2. The molecule has 1 fully saturated rings. The third-order valence-corrected chi connectivity index (χ3v) is 6.45. The molecule has 2 heterocycles. The van der Waals surface area contributed by atoms with Gasteiger partial charge >= 0.3 is 0 Å². The molecule has 1 saturated heterocycles. The number of anilines is 2. The van der Waals surface area contributed by atoms with Crippen LogP contribution in [0.3, 0.4) is 0 Å². The van der Waals surface area contributed by atoms with Crippen molar-refractivity contribution in [1.82, 2.24) is 9.88 Å². The summed E-state index contributed by atoms with van der Waals surface area (Å²) in [5.74, 6) is -0.0136. The van der Waals surface area contributed by atoms with Crippen molar-refractivity contribution in [2.24, 2.45) is 5.92 Å². The van der Waals surface area contributed by atoms with E-state index in [2.05, 4.69) is 20.5 Å². The summed E-state index contributed by atoms with van der Waals surface area (Å²) in [6, 6.07) is 17.4. The molecule has 1 unspecified atom stereocenters. The summed E-state index contributed by atoms with van der Waals surface area (Å²) in [6.07, 6.45) is 2.15. The van der Waals surface area contributed by atoms with E-state index in [4.69, 9.17) is 0 Å². The second-order valence-corrected chi connectivity index (χ2v) is 9.20. The van der Waals surface area contributed by atoms with Crippen LogP contribution in [-0.2, 0) is 22.6 Å². The molecule has 0 bridgehead atoms. The Kier molecular flexibility index (Phi) is 7.29. The van der Waals surface area contributed by atoms with Crippen LogP contribution in [0.5, 0.6) is 0 Å². The van der Waals surface area contributed by atoms with Crippen LogP contribution < -0.4 is 10.6 Å². The van der Waals surface area contributed by atoms with Gasteiger partial charge in [-0.2, -0.15) is 0 Å². The zero-order valence-corrected chi connectivity index (χ0v) is 19.0. The maximum absolute atomic E-state index is 12.7. The molecule has 1 aliphatic heterocycles. The Bertz CT molecular complexity index is 1050. The van der Waals surface area contributed by atoms with Crippen LogP contribution in [0.4, 0.5) is 11.4 Å². The van der Waals surface area contributed by atoms with E-state index in [-0.39, 0.29) is 24.2 Å². The third-order valence-electron chi connectivity index (χ3n) is 5.55. The molecular formula is C25H28N4O2S. The molecule has 166 valence electrons. The maximum atomic E-state index is 12.7. The summed E-state index contributed by atoms with van der Waals surface area (Å²) in [6.45, 7) is 4.39. The largest absolute Gasteiger partial charge is 0.326 e. The van der Waals surface area contributed by atoms with Gasteiger partial charge in [0.1, 0.15) is 5.01 Å². The average molecular weight is 449 g/mol. The molecule has 0 saturated carbocycles. The van der Waals surface area contributed by atoms with E-state index in [0.717, 1.165) is 53.6 Å². The normalized spacial score (nSPS) is 16.5. The van der Waals surface area contributed by atoms with Crippen molar-refractivity contribution in [2.45, 2.75) is 32.7 Å². The van der Waals surface area contributed by atoms with Crippen molar-refractivity contribution >= 4 is 34.5 Å². The van der Waals surface area contributed by atoms with Crippen LogP contribution in [-0.4, -0.2) is 34.8 Å². The van der Waals surface area contributed by atoms with Crippen LogP contribution in [0.2, 0.25) is 0 Å². The van der Waals surface area contributed by atoms with Gasteiger partial charge in [-0.1, -0.05) is 35.9 Å². The zero-order valence-electron chi connectivity index (χ0n) is 18.2. The molecule has 0 radical (unpaired) electrons. The van der Waals surface area contributed by atoms with Crippen molar-refractivity contribution < 1.29 is 9.59 Å². The smallest absolute Gasteiger partial charge is 0.231 e. The number of thiazole rings is 1. The van der Waals surface area contributed by atoms with E-state index in [0.29, 0.717) is 6.54 Å². The highest BCUT2D eigenvalue weighted by atomic mass is 32.1. The summed E-state index contributed by atoms with van der Waals surface area (Å²) in [5.41, 5.74) is 3.75.